The van der Waals surface area contributed by atoms with E-state index in [4.69, 9.17) is 14.2 Å². The molecule has 8 heteroatoms. The van der Waals surface area contributed by atoms with Crippen molar-refractivity contribution in [3.8, 4) is 11.5 Å². The van der Waals surface area contributed by atoms with Crippen LogP contribution in [0.4, 0.5) is 0 Å². The van der Waals surface area contributed by atoms with Crippen molar-refractivity contribution in [2.75, 3.05) is 39.6 Å². The van der Waals surface area contributed by atoms with Gasteiger partial charge in [0.15, 0.2) is 11.5 Å². The van der Waals surface area contributed by atoms with Gasteiger partial charge in [0.25, 0.3) is 0 Å². The summed E-state index contributed by atoms with van der Waals surface area (Å²) in [5, 5.41) is 5.95. The molecule has 2 aliphatic rings. The Kier molecular flexibility index (Phi) is 8.33. The molecule has 0 saturated carbocycles. The number of fused-ring (bicyclic) bond motifs is 1. The van der Waals surface area contributed by atoms with E-state index in [0.717, 1.165) is 49.4 Å². The largest absolute Gasteiger partial charge is 0.454 e. The van der Waals surface area contributed by atoms with Crippen LogP contribution < -0.4 is 20.1 Å². The molecule has 0 atom stereocenters. The van der Waals surface area contributed by atoms with Gasteiger partial charge in [0.2, 0.25) is 18.6 Å². The van der Waals surface area contributed by atoms with Crippen LogP contribution in [0.15, 0.2) is 18.2 Å². The summed E-state index contributed by atoms with van der Waals surface area (Å²) in [5.41, 5.74) is 0.974. The number of ether oxygens (including phenoxy) is 3. The van der Waals surface area contributed by atoms with Crippen LogP contribution in [-0.2, 0) is 20.9 Å². The van der Waals surface area contributed by atoms with E-state index in [0.29, 0.717) is 26.2 Å². The molecule has 2 aliphatic heterocycles. The summed E-state index contributed by atoms with van der Waals surface area (Å²) in [6.45, 7) is 7.88. The highest BCUT2D eigenvalue weighted by atomic mass is 16.7. The first-order valence-electron chi connectivity index (χ1n) is 10.8. The summed E-state index contributed by atoms with van der Waals surface area (Å²) >= 11 is 0. The predicted octanol–water partition coefficient (Wildman–Crippen LogP) is 1.67. The van der Waals surface area contributed by atoms with Crippen LogP contribution in [0.25, 0.3) is 0 Å². The molecule has 0 aliphatic carbocycles. The lowest BCUT2D eigenvalue weighted by Gasteiger charge is -2.30. The second kappa shape index (κ2) is 11.2. The van der Waals surface area contributed by atoms with Crippen LogP contribution in [0.3, 0.4) is 0 Å². The zero-order valence-corrected chi connectivity index (χ0v) is 17.9. The Morgan fingerprint density at radius 1 is 1.17 bits per heavy atom. The van der Waals surface area contributed by atoms with Gasteiger partial charge in [-0.05, 0) is 63.9 Å². The van der Waals surface area contributed by atoms with Crippen molar-refractivity contribution in [2.45, 2.75) is 45.8 Å². The number of benzene rings is 1. The monoisotopic (exact) mass is 419 g/mol. The van der Waals surface area contributed by atoms with E-state index in [9.17, 15) is 9.59 Å². The molecule has 3 rings (SSSR count). The van der Waals surface area contributed by atoms with Crippen molar-refractivity contribution in [1.82, 2.24) is 15.5 Å². The Morgan fingerprint density at radius 3 is 2.70 bits per heavy atom. The average Bonchev–Trinajstić information content (AvgIpc) is 3.20. The van der Waals surface area contributed by atoms with Gasteiger partial charge in [0.05, 0.1) is 12.6 Å². The van der Waals surface area contributed by atoms with Gasteiger partial charge in [-0.2, -0.15) is 0 Å². The molecule has 0 aromatic heterocycles. The maximum absolute atomic E-state index is 12.3. The first-order chi connectivity index (χ1) is 14.5. The van der Waals surface area contributed by atoms with Crippen LogP contribution in [0, 0.1) is 5.92 Å². The SMILES string of the molecule is CC(C)OCCCNC(=O)C1CCN(CC(=O)NCc2ccc3c(c2)OCO3)CC1. The third-order valence-electron chi connectivity index (χ3n) is 5.32. The fourth-order valence-electron chi connectivity index (χ4n) is 3.61. The fraction of sp³-hybridized carbons (Fsp3) is 0.636. The van der Waals surface area contributed by atoms with E-state index in [1.54, 1.807) is 0 Å². The van der Waals surface area contributed by atoms with E-state index in [1.165, 1.54) is 0 Å². The number of carbonyl (C=O) groups is 2. The first kappa shape index (κ1) is 22.4. The molecule has 30 heavy (non-hydrogen) atoms. The Labute approximate surface area is 178 Å². The highest BCUT2D eigenvalue weighted by Crippen LogP contribution is 2.32. The normalized spacial score (nSPS) is 16.6. The standard InChI is InChI=1S/C22H33N3O5/c1-16(2)28-11-3-8-23-22(27)18-6-9-25(10-7-18)14-21(26)24-13-17-4-5-19-20(12-17)30-15-29-19/h4-5,12,16,18H,3,6-11,13-15H2,1-2H3,(H,23,27)(H,24,26). The van der Waals surface area contributed by atoms with Crippen molar-refractivity contribution in [3.05, 3.63) is 23.8 Å². The number of carbonyl (C=O) groups excluding carboxylic acids is 2. The molecule has 1 aromatic carbocycles. The van der Waals surface area contributed by atoms with E-state index in [1.807, 2.05) is 32.0 Å². The van der Waals surface area contributed by atoms with Crippen LogP contribution >= 0.6 is 0 Å². The van der Waals surface area contributed by atoms with E-state index >= 15 is 0 Å². The van der Waals surface area contributed by atoms with Gasteiger partial charge in [-0.15, -0.1) is 0 Å². The lowest BCUT2D eigenvalue weighted by atomic mass is 9.96. The third-order valence-corrected chi connectivity index (χ3v) is 5.32. The van der Waals surface area contributed by atoms with Gasteiger partial charge < -0.3 is 24.8 Å². The number of rotatable bonds is 10. The summed E-state index contributed by atoms with van der Waals surface area (Å²) in [4.78, 5) is 26.7. The molecule has 8 nitrogen and oxygen atoms in total. The van der Waals surface area contributed by atoms with E-state index in [2.05, 4.69) is 15.5 Å². The summed E-state index contributed by atoms with van der Waals surface area (Å²) in [6, 6.07) is 5.67. The molecule has 2 heterocycles. The molecule has 2 amide bonds. The smallest absolute Gasteiger partial charge is 0.234 e. The Morgan fingerprint density at radius 2 is 1.93 bits per heavy atom. The van der Waals surface area contributed by atoms with E-state index < -0.39 is 0 Å². The number of amides is 2. The van der Waals surface area contributed by atoms with E-state index in [-0.39, 0.29) is 30.6 Å². The summed E-state index contributed by atoms with van der Waals surface area (Å²) in [6.07, 6.45) is 2.61. The first-order valence-corrected chi connectivity index (χ1v) is 10.8. The second-order valence-corrected chi connectivity index (χ2v) is 8.08. The van der Waals surface area contributed by atoms with Crippen LogP contribution in [0.5, 0.6) is 11.5 Å². The lowest BCUT2D eigenvalue weighted by molar-refractivity contribution is -0.126. The zero-order chi connectivity index (χ0) is 21.3. The van der Waals surface area contributed by atoms with Crippen molar-refractivity contribution < 1.29 is 23.8 Å². The topological polar surface area (TPSA) is 89.1 Å². The van der Waals surface area contributed by atoms with Gasteiger partial charge in [-0.25, -0.2) is 0 Å². The highest BCUT2D eigenvalue weighted by molar-refractivity contribution is 5.79. The van der Waals surface area contributed by atoms with Gasteiger partial charge in [0, 0.05) is 25.6 Å². The molecular weight excluding hydrogens is 386 g/mol. The molecule has 0 unspecified atom stereocenters. The number of likely N-dealkylation sites (tertiary alicyclic amines) is 1. The predicted molar refractivity (Wildman–Crippen MR) is 112 cm³/mol. The molecule has 1 fully saturated rings. The molecule has 166 valence electrons. The van der Waals surface area contributed by atoms with Crippen molar-refractivity contribution in [2.24, 2.45) is 5.92 Å². The Balaban J connectivity index is 1.29. The minimum Gasteiger partial charge on any atom is -0.454 e. The molecule has 0 spiro atoms. The maximum atomic E-state index is 12.3. The van der Waals surface area contributed by atoms with Gasteiger partial charge in [-0.1, -0.05) is 6.07 Å². The van der Waals surface area contributed by atoms with Crippen LogP contribution in [0.2, 0.25) is 0 Å². The third kappa shape index (κ3) is 6.88. The number of hydrogen-bond acceptors (Lipinski definition) is 6. The number of nitrogens with one attached hydrogen (secondary N) is 2. The van der Waals surface area contributed by atoms with Crippen molar-refractivity contribution in [1.29, 1.82) is 0 Å². The zero-order valence-electron chi connectivity index (χ0n) is 17.9. The summed E-state index contributed by atoms with van der Waals surface area (Å²) < 4.78 is 16.1. The molecule has 1 saturated heterocycles. The van der Waals surface area contributed by atoms with Crippen LogP contribution in [-0.4, -0.2) is 62.4 Å². The van der Waals surface area contributed by atoms with Crippen LogP contribution in [0.1, 0.15) is 38.7 Å². The molecule has 0 bridgehead atoms. The minimum atomic E-state index is -0.0132. The molecule has 1 aromatic rings. The van der Waals surface area contributed by atoms with Gasteiger partial charge in [-0.3, -0.25) is 14.5 Å². The number of nitrogens with zero attached hydrogens (tertiary/aromatic N) is 1. The maximum Gasteiger partial charge on any atom is 0.234 e. The Hall–Kier alpha value is -2.32. The molecule has 0 radical (unpaired) electrons. The lowest BCUT2D eigenvalue weighted by Crippen LogP contribution is -2.44. The highest BCUT2D eigenvalue weighted by Gasteiger charge is 2.25. The second-order valence-electron chi connectivity index (χ2n) is 8.08. The Bertz CT molecular complexity index is 717. The fourth-order valence-corrected chi connectivity index (χ4v) is 3.61. The minimum absolute atomic E-state index is 0.0132. The summed E-state index contributed by atoms with van der Waals surface area (Å²) in [5.74, 6) is 1.59. The van der Waals surface area contributed by atoms with Gasteiger partial charge in [0.1, 0.15) is 0 Å². The molecular formula is C22H33N3O5. The average molecular weight is 420 g/mol. The van der Waals surface area contributed by atoms with Crippen molar-refractivity contribution in [3.63, 3.8) is 0 Å². The summed E-state index contributed by atoms with van der Waals surface area (Å²) in [7, 11) is 0. The number of hydrogen-bond donors (Lipinski definition) is 2. The van der Waals surface area contributed by atoms with Crippen molar-refractivity contribution >= 4 is 11.8 Å². The molecule has 2 N–H and O–H groups in total. The number of piperidine rings is 1. The quantitative estimate of drug-likeness (QED) is 0.561. The van der Waals surface area contributed by atoms with Gasteiger partial charge >= 0.3 is 0 Å².